The fourth-order valence-corrected chi connectivity index (χ4v) is 3.51. The highest BCUT2D eigenvalue weighted by atomic mass is 16.6. The van der Waals surface area contributed by atoms with E-state index in [0.29, 0.717) is 35.8 Å². The first-order valence-corrected chi connectivity index (χ1v) is 10.7. The third-order valence-corrected chi connectivity index (χ3v) is 5.31. The summed E-state index contributed by atoms with van der Waals surface area (Å²) in [6.07, 6.45) is 0.0407. The second-order valence-corrected chi connectivity index (χ2v) is 8.85. The van der Waals surface area contributed by atoms with Crippen LogP contribution in [0.5, 0.6) is 5.75 Å². The Morgan fingerprint density at radius 2 is 1.41 bits per heavy atom. The Labute approximate surface area is 188 Å². The van der Waals surface area contributed by atoms with Crippen LogP contribution in [0.15, 0.2) is 78.9 Å². The van der Waals surface area contributed by atoms with Crippen LogP contribution >= 0.6 is 0 Å². The van der Waals surface area contributed by atoms with E-state index < -0.39 is 11.8 Å². The largest absolute Gasteiger partial charge is 0.488 e. The summed E-state index contributed by atoms with van der Waals surface area (Å²) in [5.74, 6) is -0.278. The van der Waals surface area contributed by atoms with Crippen LogP contribution in [0, 0.1) is 0 Å². The summed E-state index contributed by atoms with van der Waals surface area (Å²) >= 11 is 0. The molecule has 5 nitrogen and oxygen atoms in total. The van der Waals surface area contributed by atoms with Gasteiger partial charge >= 0.3 is 0 Å². The van der Waals surface area contributed by atoms with Gasteiger partial charge in [0.2, 0.25) is 0 Å². The molecule has 2 amide bonds. The predicted octanol–water partition coefficient (Wildman–Crippen LogP) is 5.25. The Morgan fingerprint density at radius 1 is 0.875 bits per heavy atom. The van der Waals surface area contributed by atoms with Crippen LogP contribution in [0.1, 0.15) is 47.1 Å². The number of epoxide rings is 1. The molecule has 1 unspecified atom stereocenters. The van der Waals surface area contributed by atoms with Gasteiger partial charge in [0.25, 0.3) is 11.8 Å². The predicted molar refractivity (Wildman–Crippen MR) is 124 cm³/mol. The van der Waals surface area contributed by atoms with Crippen LogP contribution in [0.3, 0.4) is 0 Å². The van der Waals surface area contributed by atoms with Gasteiger partial charge in [0.1, 0.15) is 18.5 Å². The molecule has 3 aromatic rings. The number of benzene rings is 3. The van der Waals surface area contributed by atoms with E-state index in [1.165, 1.54) is 4.90 Å². The van der Waals surface area contributed by atoms with Gasteiger partial charge in [-0.15, -0.1) is 0 Å². The Hall–Kier alpha value is -3.44. The van der Waals surface area contributed by atoms with Crippen LogP contribution in [0.25, 0.3) is 0 Å². The van der Waals surface area contributed by atoms with E-state index in [-0.39, 0.29) is 11.5 Å². The van der Waals surface area contributed by atoms with Crippen molar-refractivity contribution in [2.24, 2.45) is 0 Å². The molecule has 1 aliphatic rings. The number of carbonyl (C=O) groups is 2. The number of para-hydroxylation sites is 1. The minimum Gasteiger partial charge on any atom is -0.488 e. The first-order chi connectivity index (χ1) is 15.4. The van der Waals surface area contributed by atoms with E-state index in [2.05, 4.69) is 20.8 Å². The van der Waals surface area contributed by atoms with Crippen LogP contribution in [0.4, 0.5) is 5.69 Å². The molecule has 32 heavy (non-hydrogen) atoms. The molecule has 0 radical (unpaired) electrons. The first kappa shape index (κ1) is 21.8. The van der Waals surface area contributed by atoms with E-state index in [4.69, 9.17) is 9.47 Å². The molecule has 3 aromatic carbocycles. The van der Waals surface area contributed by atoms with Crippen LogP contribution in [-0.2, 0) is 10.2 Å². The molecule has 0 N–H and O–H groups in total. The molecule has 0 aromatic heterocycles. The van der Waals surface area contributed by atoms with E-state index in [1.807, 2.05) is 24.3 Å². The van der Waals surface area contributed by atoms with Crippen molar-refractivity contribution in [1.82, 2.24) is 0 Å². The lowest BCUT2D eigenvalue weighted by atomic mass is 9.85. The summed E-state index contributed by atoms with van der Waals surface area (Å²) in [6, 6.07) is 23.2. The zero-order valence-electron chi connectivity index (χ0n) is 18.6. The maximum absolute atomic E-state index is 13.6. The summed E-state index contributed by atoms with van der Waals surface area (Å²) in [6.45, 7) is 7.26. The number of imide groups is 1. The minimum atomic E-state index is -0.405. The fraction of sp³-hybridized carbons (Fsp3) is 0.259. The third-order valence-electron chi connectivity index (χ3n) is 5.31. The summed E-state index contributed by atoms with van der Waals surface area (Å²) in [7, 11) is 0. The van der Waals surface area contributed by atoms with E-state index >= 15 is 0 Å². The van der Waals surface area contributed by atoms with Gasteiger partial charge in [-0.25, -0.2) is 4.90 Å². The molecule has 164 valence electrons. The maximum Gasteiger partial charge on any atom is 0.265 e. The Balaban J connectivity index is 1.86. The van der Waals surface area contributed by atoms with Crippen LogP contribution in [0.2, 0.25) is 0 Å². The van der Waals surface area contributed by atoms with Crippen molar-refractivity contribution in [3.05, 3.63) is 95.6 Å². The van der Waals surface area contributed by atoms with E-state index in [0.717, 1.165) is 5.56 Å². The van der Waals surface area contributed by atoms with E-state index in [1.54, 1.807) is 54.6 Å². The fourth-order valence-electron chi connectivity index (χ4n) is 3.51. The van der Waals surface area contributed by atoms with E-state index in [9.17, 15) is 9.59 Å². The first-order valence-electron chi connectivity index (χ1n) is 10.7. The van der Waals surface area contributed by atoms with Gasteiger partial charge in [-0.1, -0.05) is 69.3 Å². The highest BCUT2D eigenvalue weighted by molar-refractivity contribution is 6.26. The molecule has 5 heteroatoms. The molecule has 0 bridgehead atoms. The standard InChI is InChI=1S/C27H27NO4/c1-27(2,3)22-15-10-16-23(24(22)32-18-21-17-31-21)28(25(29)19-11-6-4-7-12-19)26(30)20-13-8-5-9-14-20/h4-16,21H,17-18H2,1-3H3. The lowest BCUT2D eigenvalue weighted by Crippen LogP contribution is -2.38. The minimum absolute atomic E-state index is 0.0407. The lowest BCUT2D eigenvalue weighted by Gasteiger charge is -2.29. The van der Waals surface area contributed by atoms with Crippen molar-refractivity contribution in [2.75, 3.05) is 18.1 Å². The molecule has 4 rings (SSSR count). The zero-order chi connectivity index (χ0) is 22.7. The summed E-state index contributed by atoms with van der Waals surface area (Å²) in [5, 5.41) is 0. The van der Waals surface area contributed by atoms with Gasteiger partial charge in [0, 0.05) is 16.7 Å². The number of carbonyl (C=O) groups excluding carboxylic acids is 2. The van der Waals surface area contributed by atoms with Gasteiger partial charge in [-0.05, 0) is 35.7 Å². The summed E-state index contributed by atoms with van der Waals surface area (Å²) < 4.78 is 11.5. The van der Waals surface area contributed by atoms with Gasteiger partial charge < -0.3 is 9.47 Å². The van der Waals surface area contributed by atoms with Gasteiger partial charge in [0.05, 0.1) is 12.3 Å². The Kier molecular flexibility index (Phi) is 6.10. The topological polar surface area (TPSA) is 59.1 Å². The van der Waals surface area contributed by atoms with Crippen molar-refractivity contribution in [3.8, 4) is 5.75 Å². The average Bonchev–Trinajstić information content (AvgIpc) is 3.63. The normalized spacial score (nSPS) is 15.2. The molecule has 0 aliphatic carbocycles. The average molecular weight is 430 g/mol. The van der Waals surface area contributed by atoms with Crippen LogP contribution in [-0.4, -0.2) is 31.1 Å². The smallest absolute Gasteiger partial charge is 0.265 e. The van der Waals surface area contributed by atoms with Gasteiger partial charge in [0.15, 0.2) is 0 Å². The molecule has 1 heterocycles. The molecule has 1 atom stereocenters. The maximum atomic E-state index is 13.6. The molecule has 0 saturated carbocycles. The number of amides is 2. The number of rotatable bonds is 6. The monoisotopic (exact) mass is 429 g/mol. The van der Waals surface area contributed by atoms with Gasteiger partial charge in [-0.3, -0.25) is 9.59 Å². The third kappa shape index (κ3) is 4.73. The summed E-state index contributed by atoms with van der Waals surface area (Å²) in [5.41, 5.74) is 1.94. The number of hydrogen-bond acceptors (Lipinski definition) is 4. The number of ether oxygens (including phenoxy) is 2. The van der Waals surface area contributed by atoms with Crippen molar-refractivity contribution < 1.29 is 19.1 Å². The van der Waals surface area contributed by atoms with Crippen molar-refractivity contribution >= 4 is 17.5 Å². The summed E-state index contributed by atoms with van der Waals surface area (Å²) in [4.78, 5) is 28.5. The lowest BCUT2D eigenvalue weighted by molar-refractivity contribution is 0.0896. The number of hydrogen-bond donors (Lipinski definition) is 0. The molecule has 0 spiro atoms. The second-order valence-electron chi connectivity index (χ2n) is 8.85. The highest BCUT2D eigenvalue weighted by Crippen LogP contribution is 2.40. The van der Waals surface area contributed by atoms with Gasteiger partial charge in [-0.2, -0.15) is 0 Å². The number of nitrogens with zero attached hydrogens (tertiary/aromatic N) is 1. The Bertz CT molecular complexity index is 1050. The van der Waals surface area contributed by atoms with Crippen LogP contribution < -0.4 is 9.64 Å². The molecular weight excluding hydrogens is 402 g/mol. The quantitative estimate of drug-likeness (QED) is 0.397. The zero-order valence-corrected chi connectivity index (χ0v) is 18.6. The molecule has 1 aliphatic heterocycles. The van der Waals surface area contributed by atoms with Crippen molar-refractivity contribution in [3.63, 3.8) is 0 Å². The molecular formula is C27H27NO4. The highest BCUT2D eigenvalue weighted by Gasteiger charge is 2.33. The SMILES string of the molecule is CC(C)(C)c1cccc(N(C(=O)c2ccccc2)C(=O)c2ccccc2)c1OCC1CO1. The number of anilines is 1. The Morgan fingerprint density at radius 3 is 1.88 bits per heavy atom. The van der Waals surface area contributed by atoms with Crippen molar-refractivity contribution in [2.45, 2.75) is 32.3 Å². The van der Waals surface area contributed by atoms with Crippen molar-refractivity contribution in [1.29, 1.82) is 0 Å². The second kappa shape index (κ2) is 8.97. The molecule has 1 fully saturated rings. The molecule has 1 saturated heterocycles.